The van der Waals surface area contributed by atoms with Crippen LogP contribution in [0.1, 0.15) is 19.3 Å². The second-order valence-corrected chi connectivity index (χ2v) is 8.05. The molecule has 0 aromatic heterocycles. The summed E-state index contributed by atoms with van der Waals surface area (Å²) in [6, 6.07) is 0. The quantitative estimate of drug-likeness (QED) is 0.596. The van der Waals surface area contributed by atoms with E-state index in [1.54, 1.807) is 0 Å². The summed E-state index contributed by atoms with van der Waals surface area (Å²) in [5.74, 6) is 0. The van der Waals surface area contributed by atoms with E-state index in [1.165, 1.54) is 78.3 Å². The van der Waals surface area contributed by atoms with Gasteiger partial charge in [0.2, 0.25) is 0 Å². The number of fused-ring (bicyclic) bond motifs is 2. The van der Waals surface area contributed by atoms with Crippen molar-refractivity contribution >= 4 is 20.2 Å². The fraction of sp³-hybridized carbons (Fsp3) is 1.00. The average molecular weight is 380 g/mol. The number of likely N-dealkylation sites (N-methyl/N-ethyl adjacent to an activating group) is 2. The van der Waals surface area contributed by atoms with Crippen molar-refractivity contribution in [1.29, 1.82) is 0 Å². The molecule has 0 aromatic carbocycles. The summed E-state index contributed by atoms with van der Waals surface area (Å²) in [6.07, 6.45) is 3.98. The second kappa shape index (κ2) is 12.4. The van der Waals surface area contributed by atoms with E-state index in [-0.39, 0.29) is 13.1 Å². The molecule has 2 rings (SSSR count). The van der Waals surface area contributed by atoms with Gasteiger partial charge in [0.1, 0.15) is 0 Å². The van der Waals surface area contributed by atoms with Crippen molar-refractivity contribution < 1.29 is 13.1 Å². The molecule has 2 atom stereocenters. The van der Waals surface area contributed by atoms with Crippen LogP contribution in [0.15, 0.2) is 0 Å². The van der Waals surface area contributed by atoms with Crippen LogP contribution in [0.4, 0.5) is 0 Å². The Morgan fingerprint density at radius 3 is 1.33 bits per heavy atom. The fourth-order valence-corrected chi connectivity index (χ4v) is 3.00. The zero-order valence-electron chi connectivity index (χ0n) is 13.4. The van der Waals surface area contributed by atoms with E-state index >= 15 is 0 Å². The van der Waals surface area contributed by atoms with Crippen LogP contribution >= 0.6 is 20.2 Å². The molecular formula is C14H30Cl2MnN4. The maximum atomic E-state index is 4.80. The predicted octanol–water partition coefficient (Wildman–Crippen LogP) is 1.99. The van der Waals surface area contributed by atoms with Crippen molar-refractivity contribution in [1.82, 2.24) is 19.6 Å². The summed E-state index contributed by atoms with van der Waals surface area (Å²) in [4.78, 5) is 10.2. The Morgan fingerprint density at radius 2 is 0.952 bits per heavy atom. The van der Waals surface area contributed by atoms with E-state index in [9.17, 15) is 0 Å². The third kappa shape index (κ3) is 9.62. The van der Waals surface area contributed by atoms with E-state index in [4.69, 9.17) is 20.2 Å². The van der Waals surface area contributed by atoms with E-state index < -0.39 is 0 Å². The number of nitrogens with zero attached hydrogens (tertiary/aromatic N) is 4. The monoisotopic (exact) mass is 379 g/mol. The molecule has 21 heavy (non-hydrogen) atoms. The van der Waals surface area contributed by atoms with Gasteiger partial charge in [0.05, 0.1) is 6.67 Å². The van der Waals surface area contributed by atoms with Crippen molar-refractivity contribution in [3.05, 3.63) is 0 Å². The Morgan fingerprint density at radius 1 is 0.619 bits per heavy atom. The molecule has 2 aliphatic heterocycles. The topological polar surface area (TPSA) is 13.0 Å². The summed E-state index contributed by atoms with van der Waals surface area (Å²) in [7, 11) is 14.1. The molecular weight excluding hydrogens is 350 g/mol. The van der Waals surface area contributed by atoms with Crippen LogP contribution in [-0.4, -0.2) is 92.7 Å². The van der Waals surface area contributed by atoms with E-state index in [0.717, 1.165) is 0 Å². The molecule has 0 saturated carbocycles. The zero-order valence-corrected chi connectivity index (χ0v) is 16.1. The summed E-state index contributed by atoms with van der Waals surface area (Å²) in [5.41, 5.74) is 0. The second-order valence-electron chi connectivity index (χ2n) is 6.10. The number of hydrogen-bond acceptors (Lipinski definition) is 4. The summed E-state index contributed by atoms with van der Waals surface area (Å²) >= 11 is 0.00694. The molecule has 2 unspecified atom stereocenters. The van der Waals surface area contributed by atoms with Crippen molar-refractivity contribution in [2.75, 3.05) is 73.1 Å². The Balaban J connectivity index is 0.000000677. The van der Waals surface area contributed by atoms with Gasteiger partial charge >= 0.3 is 33.3 Å². The van der Waals surface area contributed by atoms with Crippen LogP contribution in [0.25, 0.3) is 0 Å². The molecule has 0 amide bonds. The van der Waals surface area contributed by atoms with Crippen molar-refractivity contribution in [2.24, 2.45) is 0 Å². The number of hydrogen-bond donors (Lipinski definition) is 0. The minimum absolute atomic E-state index is 0.00694. The Labute approximate surface area is 145 Å². The molecule has 0 radical (unpaired) electrons. The van der Waals surface area contributed by atoms with Crippen molar-refractivity contribution in [3.63, 3.8) is 0 Å². The molecule has 0 aliphatic carbocycles. The molecule has 2 bridgehead atoms. The standard InChI is InChI=1S/C14H30N4.2ClH.Mn/c1-15-6-3-8-17-10-5-11-18(14-17)9-4-7-16(2)13-12-15;;;/h3-14H2,1-2H3;2*1H;/q;;;+2/p-2. The summed E-state index contributed by atoms with van der Waals surface area (Å²) < 4.78 is 0. The molecule has 2 saturated heterocycles. The summed E-state index contributed by atoms with van der Waals surface area (Å²) in [5, 5.41) is 0. The first-order valence-electron chi connectivity index (χ1n) is 7.84. The maximum absolute atomic E-state index is 4.80. The van der Waals surface area contributed by atoms with Gasteiger partial charge in [-0.1, -0.05) is 0 Å². The minimum atomic E-state index is 0.00694. The van der Waals surface area contributed by atoms with E-state index in [0.29, 0.717) is 0 Å². The van der Waals surface area contributed by atoms with Crippen LogP contribution in [0.3, 0.4) is 0 Å². The first kappa shape index (κ1) is 20.0. The first-order chi connectivity index (χ1) is 10.2. The van der Waals surface area contributed by atoms with Gasteiger partial charge in [0, 0.05) is 39.3 Å². The third-order valence-corrected chi connectivity index (χ3v) is 4.24. The molecule has 7 heteroatoms. The molecule has 2 heterocycles. The predicted molar refractivity (Wildman–Crippen MR) is 88.6 cm³/mol. The molecule has 127 valence electrons. The zero-order chi connectivity index (χ0) is 15.5. The van der Waals surface area contributed by atoms with Crippen LogP contribution < -0.4 is 0 Å². The number of rotatable bonds is 0. The van der Waals surface area contributed by atoms with Crippen molar-refractivity contribution in [3.8, 4) is 0 Å². The van der Waals surface area contributed by atoms with Crippen LogP contribution in [0.2, 0.25) is 0 Å². The van der Waals surface area contributed by atoms with Gasteiger partial charge in [-0.3, -0.25) is 9.80 Å². The van der Waals surface area contributed by atoms with Gasteiger partial charge in [0.15, 0.2) is 0 Å². The van der Waals surface area contributed by atoms with E-state index in [1.807, 2.05) is 0 Å². The van der Waals surface area contributed by atoms with Gasteiger partial charge in [-0.2, -0.15) is 0 Å². The van der Waals surface area contributed by atoms with Gasteiger partial charge in [-0.25, -0.2) is 0 Å². The third-order valence-electron chi connectivity index (χ3n) is 4.24. The van der Waals surface area contributed by atoms with Gasteiger partial charge in [0.25, 0.3) is 0 Å². The molecule has 4 nitrogen and oxygen atoms in total. The van der Waals surface area contributed by atoms with E-state index in [2.05, 4.69) is 33.7 Å². The van der Waals surface area contributed by atoms with Crippen LogP contribution in [-0.2, 0) is 13.1 Å². The molecule has 2 fully saturated rings. The fourth-order valence-electron chi connectivity index (χ4n) is 3.00. The molecule has 0 spiro atoms. The Bertz CT molecular complexity index is 239. The van der Waals surface area contributed by atoms with Gasteiger partial charge < -0.3 is 9.80 Å². The summed E-state index contributed by atoms with van der Waals surface area (Å²) in [6.45, 7) is 11.3. The van der Waals surface area contributed by atoms with Gasteiger partial charge in [-0.15, -0.1) is 0 Å². The number of halogens is 2. The first-order valence-corrected chi connectivity index (χ1v) is 11.1. The molecule has 0 aromatic rings. The van der Waals surface area contributed by atoms with Crippen molar-refractivity contribution in [2.45, 2.75) is 19.3 Å². The SMILES string of the molecule is CN1CCCN2CCCN(CCCN(C)CC1)C2.[Cl][Mn][Cl]. The normalized spacial score (nSPS) is 30.3. The Hall–Kier alpha value is 0.939. The molecule has 0 N–H and O–H groups in total. The average Bonchev–Trinajstić information content (AvgIpc) is 2.46. The molecule has 2 aliphatic rings. The van der Waals surface area contributed by atoms with Gasteiger partial charge in [-0.05, 0) is 46.4 Å². The van der Waals surface area contributed by atoms with Crippen LogP contribution in [0, 0.1) is 0 Å². The Kier molecular flexibility index (Phi) is 11.8. The van der Waals surface area contributed by atoms with Crippen LogP contribution in [0.5, 0.6) is 0 Å².